The van der Waals surface area contributed by atoms with Gasteiger partial charge in [-0.2, -0.15) is 5.10 Å². The largest absolute Gasteiger partial charge is 0.497 e. The van der Waals surface area contributed by atoms with Gasteiger partial charge in [-0.3, -0.25) is 4.79 Å². The third kappa shape index (κ3) is 6.30. The fraction of sp³-hybridized carbons (Fsp3) is 0.118. The van der Waals surface area contributed by atoms with Crippen LogP contribution in [0.25, 0.3) is 0 Å². The van der Waals surface area contributed by atoms with Crippen molar-refractivity contribution in [3.8, 4) is 5.75 Å². The van der Waals surface area contributed by atoms with Crippen LogP contribution in [0.5, 0.6) is 5.75 Å². The Morgan fingerprint density at radius 3 is 2.44 bits per heavy atom. The number of carbonyl (C=O) groups is 2. The van der Waals surface area contributed by atoms with Crippen LogP contribution in [0.4, 0.5) is 14.9 Å². The number of amides is 3. The molecule has 3 amide bonds. The van der Waals surface area contributed by atoms with Gasteiger partial charge >= 0.3 is 6.03 Å². The normalized spacial score (nSPS) is 10.3. The van der Waals surface area contributed by atoms with Gasteiger partial charge in [-0.1, -0.05) is 0 Å². The molecular formula is C17H17FN4O3. The van der Waals surface area contributed by atoms with Gasteiger partial charge in [-0.25, -0.2) is 14.6 Å². The van der Waals surface area contributed by atoms with Gasteiger partial charge < -0.3 is 15.4 Å². The molecule has 0 fully saturated rings. The van der Waals surface area contributed by atoms with Crippen molar-refractivity contribution < 1.29 is 18.7 Å². The second-order valence-corrected chi connectivity index (χ2v) is 4.88. The molecule has 0 aliphatic rings. The topological polar surface area (TPSA) is 91.8 Å². The highest BCUT2D eigenvalue weighted by atomic mass is 19.1. The summed E-state index contributed by atoms with van der Waals surface area (Å²) in [7, 11) is 1.57. The lowest BCUT2D eigenvalue weighted by atomic mass is 10.2. The van der Waals surface area contributed by atoms with Crippen molar-refractivity contribution in [2.45, 2.75) is 0 Å². The van der Waals surface area contributed by atoms with Gasteiger partial charge in [0.25, 0.3) is 5.91 Å². The van der Waals surface area contributed by atoms with Gasteiger partial charge in [-0.15, -0.1) is 0 Å². The molecule has 0 aromatic heterocycles. The van der Waals surface area contributed by atoms with E-state index < -0.39 is 17.8 Å². The minimum Gasteiger partial charge on any atom is -0.497 e. The number of methoxy groups -OCH3 is 1. The van der Waals surface area contributed by atoms with Gasteiger partial charge in [0.05, 0.1) is 13.3 Å². The molecule has 0 aliphatic heterocycles. The molecule has 0 atom stereocenters. The summed E-state index contributed by atoms with van der Waals surface area (Å²) < 4.78 is 17.8. The number of rotatable bonds is 6. The number of carbonyl (C=O) groups excluding carboxylic acids is 2. The summed E-state index contributed by atoms with van der Waals surface area (Å²) in [5, 5.41) is 8.62. The summed E-state index contributed by atoms with van der Waals surface area (Å²) in [6, 6.07) is 11.8. The molecule has 0 spiro atoms. The number of hydrazone groups is 1. The van der Waals surface area contributed by atoms with Crippen LogP contribution in [0.2, 0.25) is 0 Å². The monoisotopic (exact) mass is 344 g/mol. The molecule has 0 radical (unpaired) electrons. The maximum Gasteiger partial charge on any atom is 0.319 e. The lowest BCUT2D eigenvalue weighted by Gasteiger charge is -2.06. The molecule has 0 saturated heterocycles. The number of urea groups is 1. The molecule has 0 heterocycles. The fourth-order valence-corrected chi connectivity index (χ4v) is 1.78. The molecule has 2 rings (SSSR count). The van der Waals surface area contributed by atoms with E-state index in [9.17, 15) is 14.0 Å². The van der Waals surface area contributed by atoms with Crippen LogP contribution < -0.4 is 20.8 Å². The second kappa shape index (κ2) is 9.02. The maximum atomic E-state index is 12.8. The molecule has 3 N–H and O–H groups in total. The zero-order valence-corrected chi connectivity index (χ0v) is 13.5. The second-order valence-electron chi connectivity index (χ2n) is 4.88. The van der Waals surface area contributed by atoms with E-state index in [0.717, 1.165) is 11.3 Å². The van der Waals surface area contributed by atoms with Crippen LogP contribution in [-0.2, 0) is 4.79 Å². The van der Waals surface area contributed by atoms with Crippen molar-refractivity contribution in [1.82, 2.24) is 10.7 Å². The van der Waals surface area contributed by atoms with Gasteiger partial charge in [0.15, 0.2) is 0 Å². The Balaban J connectivity index is 1.71. The Hall–Kier alpha value is -3.42. The van der Waals surface area contributed by atoms with E-state index in [2.05, 4.69) is 21.2 Å². The van der Waals surface area contributed by atoms with E-state index in [1.165, 1.54) is 30.5 Å². The molecule has 2 aromatic rings. The Bertz CT molecular complexity index is 745. The van der Waals surface area contributed by atoms with Crippen LogP contribution in [0.15, 0.2) is 53.6 Å². The molecule has 8 heteroatoms. The van der Waals surface area contributed by atoms with E-state index >= 15 is 0 Å². The minimum absolute atomic E-state index is 0.257. The molecule has 25 heavy (non-hydrogen) atoms. The number of hydrogen-bond donors (Lipinski definition) is 3. The molecule has 7 nitrogen and oxygen atoms in total. The van der Waals surface area contributed by atoms with E-state index in [-0.39, 0.29) is 6.54 Å². The van der Waals surface area contributed by atoms with E-state index in [1.807, 2.05) is 0 Å². The van der Waals surface area contributed by atoms with Crippen LogP contribution in [0.1, 0.15) is 5.56 Å². The van der Waals surface area contributed by atoms with E-state index in [0.29, 0.717) is 5.69 Å². The van der Waals surface area contributed by atoms with Gasteiger partial charge in [0.2, 0.25) is 0 Å². The summed E-state index contributed by atoms with van der Waals surface area (Å²) in [5.74, 6) is -0.170. The Kier molecular flexibility index (Phi) is 6.47. The number of benzene rings is 2. The molecule has 0 saturated carbocycles. The number of nitrogens with zero attached hydrogens (tertiary/aromatic N) is 1. The highest BCUT2D eigenvalue weighted by molar-refractivity contribution is 5.92. The molecule has 0 unspecified atom stereocenters. The Morgan fingerprint density at radius 1 is 1.12 bits per heavy atom. The van der Waals surface area contributed by atoms with Gasteiger partial charge in [0, 0.05) is 5.69 Å². The average Bonchev–Trinajstić information content (AvgIpc) is 2.62. The highest BCUT2D eigenvalue weighted by Crippen LogP contribution is 2.09. The first kappa shape index (κ1) is 17.9. The zero-order valence-electron chi connectivity index (χ0n) is 13.5. The van der Waals surface area contributed by atoms with Crippen LogP contribution in [-0.4, -0.2) is 31.8 Å². The van der Waals surface area contributed by atoms with Crippen molar-refractivity contribution in [3.63, 3.8) is 0 Å². The predicted molar refractivity (Wildman–Crippen MR) is 92.2 cm³/mol. The highest BCUT2D eigenvalue weighted by Gasteiger charge is 2.05. The van der Waals surface area contributed by atoms with Crippen LogP contribution >= 0.6 is 0 Å². The number of halogens is 1. The molecule has 2 aromatic carbocycles. The van der Waals surface area contributed by atoms with Crippen LogP contribution in [0.3, 0.4) is 0 Å². The van der Waals surface area contributed by atoms with Gasteiger partial charge in [0.1, 0.15) is 18.1 Å². The van der Waals surface area contributed by atoms with Crippen molar-refractivity contribution in [2.75, 3.05) is 19.0 Å². The van der Waals surface area contributed by atoms with Crippen molar-refractivity contribution in [2.24, 2.45) is 5.10 Å². The summed E-state index contributed by atoms with van der Waals surface area (Å²) in [4.78, 5) is 23.2. The van der Waals surface area contributed by atoms with Crippen molar-refractivity contribution in [3.05, 3.63) is 59.9 Å². The third-order valence-corrected chi connectivity index (χ3v) is 3.03. The minimum atomic E-state index is -0.583. The first-order chi connectivity index (χ1) is 12.1. The summed E-state index contributed by atoms with van der Waals surface area (Å²) in [5.41, 5.74) is 3.49. The average molecular weight is 344 g/mol. The molecule has 130 valence electrons. The Labute approximate surface area is 143 Å². The predicted octanol–water partition coefficient (Wildman–Crippen LogP) is 2.11. The SMILES string of the molecule is COc1ccc(/C=N\NC(=O)CNC(=O)Nc2ccc(F)cc2)cc1. The quantitative estimate of drug-likeness (QED) is 0.553. The summed E-state index contributed by atoms with van der Waals surface area (Å²) >= 11 is 0. The van der Waals surface area contributed by atoms with E-state index in [4.69, 9.17) is 4.74 Å². The molecule has 0 aliphatic carbocycles. The standard InChI is InChI=1S/C17H17FN4O3/c1-25-15-8-2-12(3-9-15)10-20-22-16(23)11-19-17(24)21-14-6-4-13(18)5-7-14/h2-10H,11H2,1H3,(H,22,23)(H2,19,21,24)/b20-10-. The number of nitrogens with one attached hydrogen (secondary N) is 3. The smallest absolute Gasteiger partial charge is 0.319 e. The summed E-state index contributed by atoms with van der Waals surface area (Å²) in [6.45, 7) is -0.257. The number of ether oxygens (including phenoxy) is 1. The van der Waals surface area contributed by atoms with Gasteiger partial charge in [-0.05, 0) is 54.1 Å². The van der Waals surface area contributed by atoms with E-state index in [1.54, 1.807) is 31.4 Å². The lowest BCUT2D eigenvalue weighted by Crippen LogP contribution is -2.37. The fourth-order valence-electron chi connectivity index (χ4n) is 1.78. The summed E-state index contributed by atoms with van der Waals surface area (Å²) in [6.07, 6.45) is 1.47. The van der Waals surface area contributed by atoms with Crippen molar-refractivity contribution >= 4 is 23.8 Å². The third-order valence-electron chi connectivity index (χ3n) is 3.03. The number of anilines is 1. The van der Waals surface area contributed by atoms with Crippen molar-refractivity contribution in [1.29, 1.82) is 0 Å². The lowest BCUT2D eigenvalue weighted by molar-refractivity contribution is -0.120. The molecule has 0 bridgehead atoms. The maximum absolute atomic E-state index is 12.8. The Morgan fingerprint density at radius 2 is 1.80 bits per heavy atom. The number of hydrogen-bond acceptors (Lipinski definition) is 4. The first-order valence-electron chi connectivity index (χ1n) is 7.33. The first-order valence-corrected chi connectivity index (χ1v) is 7.33. The molecular weight excluding hydrogens is 327 g/mol. The van der Waals surface area contributed by atoms with Crippen LogP contribution in [0, 0.1) is 5.82 Å². The zero-order chi connectivity index (χ0) is 18.1.